The third kappa shape index (κ3) is 4.82. The van der Waals surface area contributed by atoms with E-state index in [1.165, 1.54) is 6.33 Å². The molecule has 1 fully saturated rings. The zero-order chi connectivity index (χ0) is 21.8. The number of carbonyl (C=O) groups excluding carboxylic acids is 2. The number of nitrogens with one attached hydrogen (secondary N) is 1. The molecule has 1 atom stereocenters. The molecule has 9 nitrogen and oxygen atoms in total. The van der Waals surface area contributed by atoms with Crippen molar-refractivity contribution in [2.75, 3.05) is 11.9 Å². The number of aryl methyl sites for hydroxylation is 3. The molecule has 3 heterocycles. The zero-order valence-electron chi connectivity index (χ0n) is 17.9. The van der Waals surface area contributed by atoms with E-state index in [0.29, 0.717) is 31.6 Å². The van der Waals surface area contributed by atoms with Crippen molar-refractivity contribution < 1.29 is 9.59 Å². The van der Waals surface area contributed by atoms with E-state index in [9.17, 15) is 9.59 Å². The van der Waals surface area contributed by atoms with Gasteiger partial charge in [0.15, 0.2) is 0 Å². The molecular weight excluding hydrogens is 394 g/mol. The van der Waals surface area contributed by atoms with Crippen LogP contribution < -0.4 is 5.32 Å². The summed E-state index contributed by atoms with van der Waals surface area (Å²) in [4.78, 5) is 31.3. The van der Waals surface area contributed by atoms with Gasteiger partial charge in [0.25, 0.3) is 0 Å². The summed E-state index contributed by atoms with van der Waals surface area (Å²) in [7, 11) is 0. The molecule has 1 N–H and O–H groups in total. The lowest BCUT2D eigenvalue weighted by Crippen LogP contribution is -2.50. The number of carbonyl (C=O) groups is 2. The number of amides is 2. The molecule has 162 valence electrons. The quantitative estimate of drug-likeness (QED) is 0.659. The molecule has 1 aromatic carbocycles. The van der Waals surface area contributed by atoms with Gasteiger partial charge in [0.05, 0.1) is 17.9 Å². The van der Waals surface area contributed by atoms with Crippen LogP contribution in [0.5, 0.6) is 0 Å². The third-order valence-corrected chi connectivity index (χ3v) is 5.54. The number of hydrogen-bond acceptors (Lipinski definition) is 5. The minimum atomic E-state index is -0.451. The van der Waals surface area contributed by atoms with Crippen molar-refractivity contribution in [2.45, 2.75) is 52.1 Å². The van der Waals surface area contributed by atoms with Gasteiger partial charge in [0.1, 0.15) is 18.7 Å². The normalized spacial score (nSPS) is 16.3. The Morgan fingerprint density at radius 1 is 1.16 bits per heavy atom. The highest BCUT2D eigenvalue weighted by Gasteiger charge is 2.31. The Balaban J connectivity index is 1.40. The number of benzene rings is 1. The Kier molecular flexibility index (Phi) is 6.11. The molecule has 0 aliphatic carbocycles. The first-order valence-corrected chi connectivity index (χ1v) is 10.6. The molecule has 9 heteroatoms. The second-order valence-electron chi connectivity index (χ2n) is 7.88. The average Bonchev–Trinajstić information content (AvgIpc) is 3.41. The van der Waals surface area contributed by atoms with E-state index in [1.807, 2.05) is 48.9 Å². The van der Waals surface area contributed by atoms with Crippen molar-refractivity contribution in [2.24, 2.45) is 0 Å². The molecule has 2 amide bonds. The van der Waals surface area contributed by atoms with Gasteiger partial charge in [-0.2, -0.15) is 10.2 Å². The minimum Gasteiger partial charge on any atom is -0.331 e. The maximum absolute atomic E-state index is 13.0. The highest BCUT2D eigenvalue weighted by atomic mass is 16.2. The summed E-state index contributed by atoms with van der Waals surface area (Å²) in [6.07, 6.45) is 5.85. The van der Waals surface area contributed by atoms with Crippen molar-refractivity contribution in [3.63, 3.8) is 0 Å². The fraction of sp³-hybridized carbons (Fsp3) is 0.409. The zero-order valence-corrected chi connectivity index (χ0v) is 17.9. The van der Waals surface area contributed by atoms with Gasteiger partial charge < -0.3 is 10.2 Å². The molecule has 0 spiro atoms. The summed E-state index contributed by atoms with van der Waals surface area (Å²) in [6.45, 7) is 5.02. The first-order chi connectivity index (χ1) is 15.0. The lowest BCUT2D eigenvalue weighted by atomic mass is 10.0. The molecule has 2 aromatic heterocycles. The Hall–Kier alpha value is -3.49. The number of nitrogens with zero attached hydrogens (tertiary/aromatic N) is 6. The topological polar surface area (TPSA) is 97.9 Å². The van der Waals surface area contributed by atoms with E-state index in [4.69, 9.17) is 0 Å². The lowest BCUT2D eigenvalue weighted by molar-refractivity contribution is -0.140. The highest BCUT2D eigenvalue weighted by Crippen LogP contribution is 2.21. The summed E-state index contributed by atoms with van der Waals surface area (Å²) < 4.78 is 3.50. The fourth-order valence-corrected chi connectivity index (χ4v) is 4.01. The first-order valence-electron chi connectivity index (χ1n) is 10.6. The van der Waals surface area contributed by atoms with Gasteiger partial charge in [0.2, 0.25) is 11.8 Å². The predicted octanol–water partition coefficient (Wildman–Crippen LogP) is 2.49. The molecule has 0 bridgehead atoms. The highest BCUT2D eigenvalue weighted by molar-refractivity contribution is 5.97. The maximum atomic E-state index is 13.0. The van der Waals surface area contributed by atoms with Gasteiger partial charge in [-0.1, -0.05) is 0 Å². The SMILES string of the molecule is Cc1cc(C)n(-c2ccc(NC(=O)C3CCCCN3C(=O)CCn3cncn3)cc2)n1. The van der Waals surface area contributed by atoms with Crippen LogP contribution in [-0.4, -0.2) is 53.8 Å². The van der Waals surface area contributed by atoms with Gasteiger partial charge >= 0.3 is 0 Å². The summed E-state index contributed by atoms with van der Waals surface area (Å²) in [5.74, 6) is -0.178. The molecule has 3 aromatic rings. The second-order valence-corrected chi connectivity index (χ2v) is 7.88. The Morgan fingerprint density at radius 2 is 1.97 bits per heavy atom. The summed E-state index contributed by atoms with van der Waals surface area (Å²) in [6, 6.07) is 9.15. The van der Waals surface area contributed by atoms with E-state index in [0.717, 1.165) is 29.9 Å². The molecule has 1 aliphatic rings. The first kappa shape index (κ1) is 20.8. The molecule has 0 saturated carbocycles. The van der Waals surface area contributed by atoms with Crippen LogP contribution in [0.1, 0.15) is 37.1 Å². The van der Waals surface area contributed by atoms with Gasteiger partial charge in [-0.05, 0) is 63.4 Å². The standard InChI is InChI=1S/C22H27N7O2/c1-16-13-17(2)29(26-16)19-8-6-18(7-9-19)25-22(31)20-5-3-4-11-28(20)21(30)10-12-27-15-23-14-24-27/h6-9,13-15,20H,3-5,10-12H2,1-2H3,(H,25,31). The van der Waals surface area contributed by atoms with Crippen LogP contribution in [0.2, 0.25) is 0 Å². The molecule has 31 heavy (non-hydrogen) atoms. The molecule has 4 rings (SSSR count). The van der Waals surface area contributed by atoms with E-state index in [2.05, 4.69) is 20.5 Å². The van der Waals surface area contributed by atoms with Crippen LogP contribution in [0.15, 0.2) is 43.0 Å². The molecule has 0 radical (unpaired) electrons. The third-order valence-electron chi connectivity index (χ3n) is 5.54. The van der Waals surface area contributed by atoms with Gasteiger partial charge in [-0.15, -0.1) is 0 Å². The van der Waals surface area contributed by atoms with Crippen LogP contribution in [0, 0.1) is 13.8 Å². The van der Waals surface area contributed by atoms with E-state index in [-0.39, 0.29) is 11.8 Å². The number of rotatable bonds is 6. The van der Waals surface area contributed by atoms with Crippen molar-refractivity contribution in [3.8, 4) is 5.69 Å². The Morgan fingerprint density at radius 3 is 2.65 bits per heavy atom. The van der Waals surface area contributed by atoms with Crippen LogP contribution in [-0.2, 0) is 16.1 Å². The van der Waals surface area contributed by atoms with E-state index >= 15 is 0 Å². The number of likely N-dealkylation sites (tertiary alicyclic amines) is 1. The largest absolute Gasteiger partial charge is 0.331 e. The van der Waals surface area contributed by atoms with Crippen LogP contribution in [0.25, 0.3) is 5.69 Å². The van der Waals surface area contributed by atoms with Crippen LogP contribution in [0.3, 0.4) is 0 Å². The Bertz CT molecular complexity index is 1040. The number of aromatic nitrogens is 5. The minimum absolute atomic E-state index is 0.0322. The number of hydrogen-bond donors (Lipinski definition) is 1. The fourth-order valence-electron chi connectivity index (χ4n) is 4.01. The van der Waals surface area contributed by atoms with Crippen molar-refractivity contribution in [1.29, 1.82) is 0 Å². The molecule has 1 saturated heterocycles. The van der Waals surface area contributed by atoms with Crippen LogP contribution >= 0.6 is 0 Å². The summed E-state index contributed by atoms with van der Waals surface area (Å²) in [5, 5.41) is 11.5. The molecule has 1 aliphatic heterocycles. The summed E-state index contributed by atoms with van der Waals surface area (Å²) >= 11 is 0. The molecule has 1 unspecified atom stereocenters. The predicted molar refractivity (Wildman–Crippen MR) is 116 cm³/mol. The number of piperidine rings is 1. The lowest BCUT2D eigenvalue weighted by Gasteiger charge is -2.34. The monoisotopic (exact) mass is 421 g/mol. The smallest absolute Gasteiger partial charge is 0.247 e. The molecular formula is C22H27N7O2. The maximum Gasteiger partial charge on any atom is 0.247 e. The van der Waals surface area contributed by atoms with E-state index in [1.54, 1.807) is 15.9 Å². The van der Waals surface area contributed by atoms with Gasteiger partial charge in [0, 0.05) is 24.3 Å². The Labute approximate surface area is 181 Å². The van der Waals surface area contributed by atoms with Crippen molar-refractivity contribution >= 4 is 17.5 Å². The van der Waals surface area contributed by atoms with Crippen molar-refractivity contribution in [1.82, 2.24) is 29.4 Å². The second kappa shape index (κ2) is 9.11. The number of anilines is 1. The van der Waals surface area contributed by atoms with Gasteiger partial charge in [-0.25, -0.2) is 9.67 Å². The van der Waals surface area contributed by atoms with Crippen LogP contribution in [0.4, 0.5) is 5.69 Å². The van der Waals surface area contributed by atoms with Crippen molar-refractivity contribution in [3.05, 3.63) is 54.4 Å². The summed E-state index contributed by atoms with van der Waals surface area (Å²) in [5.41, 5.74) is 3.65. The average molecular weight is 422 g/mol. The van der Waals surface area contributed by atoms with E-state index < -0.39 is 6.04 Å². The van der Waals surface area contributed by atoms with Gasteiger partial charge in [-0.3, -0.25) is 14.3 Å².